The van der Waals surface area contributed by atoms with Crippen LogP contribution in [0.25, 0.3) is 0 Å². The van der Waals surface area contributed by atoms with Gasteiger partial charge in [0, 0.05) is 0 Å². The van der Waals surface area contributed by atoms with Crippen molar-refractivity contribution in [3.8, 4) is 5.75 Å². The molecule has 1 aliphatic carbocycles. The van der Waals surface area contributed by atoms with Crippen LogP contribution in [0.5, 0.6) is 5.75 Å². The Balaban J connectivity index is 1.10. The van der Waals surface area contributed by atoms with E-state index in [9.17, 15) is 9.59 Å². The monoisotopic (exact) mass is 408 g/mol. The van der Waals surface area contributed by atoms with Crippen molar-refractivity contribution in [2.24, 2.45) is 5.92 Å². The van der Waals surface area contributed by atoms with Crippen LogP contribution in [0, 0.1) is 5.92 Å². The third-order valence-electron chi connectivity index (χ3n) is 5.82. The fraction of sp³-hybridized carbons (Fsp3) is 0.409. The molecule has 3 heterocycles. The van der Waals surface area contributed by atoms with Crippen molar-refractivity contribution in [2.75, 3.05) is 36.5 Å². The largest absolute Gasteiger partial charge is 0.480 e. The van der Waals surface area contributed by atoms with E-state index in [1.165, 1.54) is 16.0 Å². The van der Waals surface area contributed by atoms with Crippen molar-refractivity contribution >= 4 is 23.6 Å². The number of amides is 2. The van der Waals surface area contributed by atoms with Gasteiger partial charge in [-0.1, -0.05) is 24.3 Å². The van der Waals surface area contributed by atoms with E-state index < -0.39 is 6.09 Å². The van der Waals surface area contributed by atoms with Gasteiger partial charge in [0.25, 0.3) is 5.91 Å². The van der Waals surface area contributed by atoms with Crippen molar-refractivity contribution in [3.63, 3.8) is 0 Å². The SMILES string of the molecule is O=C1COc2ccc(N3CC(CCNCC4Cc5ccccc5C4)OC3=O)nc2N1. The highest BCUT2D eigenvalue weighted by atomic mass is 16.6. The predicted octanol–water partition coefficient (Wildman–Crippen LogP) is 2.13. The fourth-order valence-corrected chi connectivity index (χ4v) is 4.33. The standard InChI is InChI=1S/C22H24N4O4/c27-20-13-29-18-5-6-19(24-21(18)25-20)26-12-17(30-22(26)28)7-8-23-11-14-9-15-3-1-2-4-16(15)10-14/h1-6,14,17,23H,7-13H2,(H,24,25,27). The van der Waals surface area contributed by atoms with E-state index in [1.807, 2.05) is 0 Å². The Hall–Kier alpha value is -3.13. The van der Waals surface area contributed by atoms with E-state index in [4.69, 9.17) is 9.47 Å². The molecule has 8 heteroatoms. The van der Waals surface area contributed by atoms with E-state index >= 15 is 0 Å². The number of carbonyl (C=O) groups excluding carboxylic acids is 2. The fourth-order valence-electron chi connectivity index (χ4n) is 4.33. The summed E-state index contributed by atoms with van der Waals surface area (Å²) < 4.78 is 10.8. The molecular formula is C22H24N4O4. The first-order valence-corrected chi connectivity index (χ1v) is 10.3. The first-order chi connectivity index (χ1) is 14.7. The molecule has 3 aliphatic rings. The summed E-state index contributed by atoms with van der Waals surface area (Å²) in [6.07, 6.45) is 2.39. The molecule has 1 unspecified atom stereocenters. The van der Waals surface area contributed by atoms with Gasteiger partial charge in [-0.15, -0.1) is 0 Å². The number of carbonyl (C=O) groups is 2. The van der Waals surface area contributed by atoms with Gasteiger partial charge in [-0.2, -0.15) is 0 Å². The predicted molar refractivity (Wildman–Crippen MR) is 111 cm³/mol. The van der Waals surface area contributed by atoms with Crippen LogP contribution in [0.2, 0.25) is 0 Å². The first-order valence-electron chi connectivity index (χ1n) is 10.3. The molecule has 1 aromatic heterocycles. The van der Waals surface area contributed by atoms with Gasteiger partial charge >= 0.3 is 6.09 Å². The molecule has 0 spiro atoms. The molecule has 2 N–H and O–H groups in total. The summed E-state index contributed by atoms with van der Waals surface area (Å²) >= 11 is 0. The second-order valence-electron chi connectivity index (χ2n) is 8.01. The van der Waals surface area contributed by atoms with Gasteiger partial charge in [0.2, 0.25) is 0 Å². The van der Waals surface area contributed by atoms with Crippen LogP contribution >= 0.6 is 0 Å². The van der Waals surface area contributed by atoms with Gasteiger partial charge in [-0.3, -0.25) is 9.69 Å². The van der Waals surface area contributed by atoms with Crippen molar-refractivity contribution < 1.29 is 19.1 Å². The number of nitrogens with one attached hydrogen (secondary N) is 2. The minimum absolute atomic E-state index is 0.0260. The Morgan fingerprint density at radius 1 is 1.13 bits per heavy atom. The maximum Gasteiger partial charge on any atom is 0.415 e. The van der Waals surface area contributed by atoms with E-state index in [0.717, 1.165) is 32.4 Å². The van der Waals surface area contributed by atoms with Crippen LogP contribution < -0.4 is 20.3 Å². The number of hydrogen-bond acceptors (Lipinski definition) is 6. The van der Waals surface area contributed by atoms with Gasteiger partial charge < -0.3 is 20.1 Å². The number of nitrogens with zero attached hydrogens (tertiary/aromatic N) is 2. The number of anilines is 2. The van der Waals surface area contributed by atoms with E-state index in [1.54, 1.807) is 12.1 Å². The minimum atomic E-state index is -0.415. The second-order valence-corrected chi connectivity index (χ2v) is 8.01. The number of rotatable bonds is 6. The van der Waals surface area contributed by atoms with Gasteiger partial charge in [0.1, 0.15) is 11.9 Å². The molecule has 8 nitrogen and oxygen atoms in total. The Bertz CT molecular complexity index is 954. The lowest BCUT2D eigenvalue weighted by Crippen LogP contribution is -2.30. The van der Waals surface area contributed by atoms with E-state index in [2.05, 4.69) is 39.9 Å². The van der Waals surface area contributed by atoms with Crippen LogP contribution in [-0.4, -0.2) is 49.3 Å². The van der Waals surface area contributed by atoms with Gasteiger partial charge in [-0.05, 0) is 61.5 Å². The Labute approximate surface area is 174 Å². The lowest BCUT2D eigenvalue weighted by atomic mass is 10.1. The van der Waals surface area contributed by atoms with E-state index in [0.29, 0.717) is 29.8 Å². The number of hydrogen-bond donors (Lipinski definition) is 2. The van der Waals surface area contributed by atoms with Crippen LogP contribution in [0.1, 0.15) is 17.5 Å². The average Bonchev–Trinajstić information content (AvgIpc) is 3.33. The normalized spacial score (nSPS) is 20.4. The van der Waals surface area contributed by atoms with Gasteiger partial charge in [0.05, 0.1) is 6.54 Å². The maximum absolute atomic E-state index is 12.3. The third-order valence-corrected chi connectivity index (χ3v) is 5.82. The molecule has 0 saturated carbocycles. The number of pyridine rings is 1. The molecular weight excluding hydrogens is 384 g/mol. The topological polar surface area (TPSA) is 92.8 Å². The number of benzene rings is 1. The van der Waals surface area contributed by atoms with Crippen molar-refractivity contribution in [3.05, 3.63) is 47.5 Å². The summed E-state index contributed by atoms with van der Waals surface area (Å²) in [4.78, 5) is 29.7. The van der Waals surface area contributed by atoms with Crippen LogP contribution in [0.4, 0.5) is 16.4 Å². The van der Waals surface area contributed by atoms with Gasteiger partial charge in [0.15, 0.2) is 18.2 Å². The summed E-state index contributed by atoms with van der Waals surface area (Å²) in [5.41, 5.74) is 2.92. The zero-order chi connectivity index (χ0) is 20.5. The number of cyclic esters (lactones) is 1. The second kappa shape index (κ2) is 7.95. The molecule has 1 saturated heterocycles. The average molecular weight is 408 g/mol. The molecule has 0 radical (unpaired) electrons. The maximum atomic E-state index is 12.3. The molecule has 2 aliphatic heterocycles. The third kappa shape index (κ3) is 3.82. The van der Waals surface area contributed by atoms with Crippen LogP contribution in [0.3, 0.4) is 0 Å². The first kappa shape index (κ1) is 18.9. The number of aromatic nitrogens is 1. The highest BCUT2D eigenvalue weighted by molar-refractivity contribution is 5.95. The minimum Gasteiger partial charge on any atom is -0.480 e. The molecule has 1 fully saturated rings. The number of ether oxygens (including phenoxy) is 2. The molecule has 156 valence electrons. The van der Waals surface area contributed by atoms with Crippen LogP contribution in [0.15, 0.2) is 36.4 Å². The van der Waals surface area contributed by atoms with Gasteiger partial charge in [-0.25, -0.2) is 9.78 Å². The molecule has 5 rings (SSSR count). The van der Waals surface area contributed by atoms with Crippen molar-refractivity contribution in [2.45, 2.75) is 25.4 Å². The molecule has 30 heavy (non-hydrogen) atoms. The summed E-state index contributed by atoms with van der Waals surface area (Å²) in [6, 6.07) is 12.1. The summed E-state index contributed by atoms with van der Waals surface area (Å²) in [7, 11) is 0. The summed E-state index contributed by atoms with van der Waals surface area (Å²) in [5.74, 6) is 1.65. The summed E-state index contributed by atoms with van der Waals surface area (Å²) in [5, 5.41) is 6.18. The van der Waals surface area contributed by atoms with Crippen molar-refractivity contribution in [1.82, 2.24) is 10.3 Å². The lowest BCUT2D eigenvalue weighted by Gasteiger charge is -2.19. The Morgan fingerprint density at radius 2 is 1.93 bits per heavy atom. The highest BCUT2D eigenvalue weighted by Gasteiger charge is 2.33. The zero-order valence-corrected chi connectivity index (χ0v) is 16.6. The smallest absolute Gasteiger partial charge is 0.415 e. The molecule has 0 bridgehead atoms. The Kier molecular flexibility index (Phi) is 5.00. The molecule has 1 aromatic carbocycles. The van der Waals surface area contributed by atoms with E-state index in [-0.39, 0.29) is 18.6 Å². The highest BCUT2D eigenvalue weighted by Crippen LogP contribution is 2.30. The molecule has 1 atom stereocenters. The van der Waals surface area contributed by atoms with Crippen molar-refractivity contribution in [1.29, 1.82) is 0 Å². The lowest BCUT2D eigenvalue weighted by molar-refractivity contribution is -0.118. The number of fused-ring (bicyclic) bond motifs is 2. The zero-order valence-electron chi connectivity index (χ0n) is 16.6. The molecule has 2 aromatic rings. The molecule has 2 amide bonds. The summed E-state index contributed by atoms with van der Waals surface area (Å²) in [6.45, 7) is 2.17. The van der Waals surface area contributed by atoms with Crippen LogP contribution in [-0.2, 0) is 22.4 Å². The quantitative estimate of drug-likeness (QED) is 0.712. The Morgan fingerprint density at radius 3 is 2.73 bits per heavy atom.